The molecule has 1 amide bonds. The molecular weight excluding hydrogens is 268 g/mol. The first-order chi connectivity index (χ1) is 9.90. The summed E-state index contributed by atoms with van der Waals surface area (Å²) in [6.07, 6.45) is 2.12. The summed E-state index contributed by atoms with van der Waals surface area (Å²) in [7, 11) is 8.19. The van der Waals surface area contributed by atoms with Crippen molar-refractivity contribution in [2.45, 2.75) is 31.4 Å². The third kappa shape index (κ3) is 7.22. The van der Waals surface area contributed by atoms with E-state index in [2.05, 4.69) is 15.1 Å². The third-order valence-electron chi connectivity index (χ3n) is 3.78. The predicted octanol–water partition coefficient (Wildman–Crippen LogP) is -0.559. The fraction of sp³-hybridized carbons (Fsp3) is 0.933. The Morgan fingerprint density at radius 1 is 1.05 bits per heavy atom. The van der Waals surface area contributed by atoms with Crippen LogP contribution in [0.3, 0.4) is 0 Å². The van der Waals surface area contributed by atoms with Crippen LogP contribution < -0.4 is 5.32 Å². The lowest BCUT2D eigenvalue weighted by Crippen LogP contribution is -2.45. The van der Waals surface area contributed by atoms with Gasteiger partial charge in [0.1, 0.15) is 0 Å². The molecule has 0 spiro atoms. The molecule has 6 nitrogen and oxygen atoms in total. The molecule has 0 aliphatic carbocycles. The summed E-state index contributed by atoms with van der Waals surface area (Å²) in [5, 5.41) is 12.7. The van der Waals surface area contributed by atoms with Gasteiger partial charge in [-0.2, -0.15) is 0 Å². The van der Waals surface area contributed by atoms with Gasteiger partial charge >= 0.3 is 0 Å². The number of β-amino-alcohol motifs (C(OH)–C–C–N with tert-alkyl or cyclic N) is 1. The molecule has 2 atom stereocenters. The number of amides is 1. The van der Waals surface area contributed by atoms with Gasteiger partial charge in [-0.25, -0.2) is 0 Å². The molecule has 124 valence electrons. The normalized spacial score (nSPS) is 22.2. The van der Waals surface area contributed by atoms with Gasteiger partial charge in [-0.3, -0.25) is 4.79 Å². The average molecular weight is 300 g/mol. The van der Waals surface area contributed by atoms with Crippen LogP contribution in [0.1, 0.15) is 19.3 Å². The Labute approximate surface area is 129 Å². The van der Waals surface area contributed by atoms with E-state index in [1.54, 1.807) is 0 Å². The van der Waals surface area contributed by atoms with Crippen molar-refractivity contribution in [2.24, 2.45) is 0 Å². The monoisotopic (exact) mass is 300 g/mol. The first kappa shape index (κ1) is 18.4. The SMILES string of the molecule is CN(C)CCCN(CCCN(C)C)C(=O)C1CC(O)CN1. The number of hydrogen-bond acceptors (Lipinski definition) is 5. The average Bonchev–Trinajstić information content (AvgIpc) is 2.82. The summed E-state index contributed by atoms with van der Waals surface area (Å²) in [5.41, 5.74) is 0. The zero-order valence-electron chi connectivity index (χ0n) is 14.0. The Morgan fingerprint density at radius 3 is 1.95 bits per heavy atom. The summed E-state index contributed by atoms with van der Waals surface area (Å²) in [4.78, 5) is 18.8. The molecule has 1 aliphatic rings. The van der Waals surface area contributed by atoms with Crippen molar-refractivity contribution < 1.29 is 9.90 Å². The van der Waals surface area contributed by atoms with Crippen LogP contribution in [0.4, 0.5) is 0 Å². The zero-order valence-corrected chi connectivity index (χ0v) is 14.0. The Hall–Kier alpha value is -0.690. The van der Waals surface area contributed by atoms with Gasteiger partial charge in [0.15, 0.2) is 0 Å². The largest absolute Gasteiger partial charge is 0.392 e. The molecule has 0 bridgehead atoms. The van der Waals surface area contributed by atoms with Crippen LogP contribution in [0.5, 0.6) is 0 Å². The highest BCUT2D eigenvalue weighted by molar-refractivity contribution is 5.82. The van der Waals surface area contributed by atoms with E-state index in [4.69, 9.17) is 0 Å². The van der Waals surface area contributed by atoms with E-state index in [0.717, 1.165) is 39.0 Å². The van der Waals surface area contributed by atoms with Crippen LogP contribution in [-0.2, 0) is 4.79 Å². The number of carbonyl (C=O) groups excluding carboxylic acids is 1. The molecule has 0 aromatic rings. The van der Waals surface area contributed by atoms with E-state index in [1.807, 2.05) is 33.1 Å². The van der Waals surface area contributed by atoms with Gasteiger partial charge in [-0.05, 0) is 60.5 Å². The number of carbonyl (C=O) groups is 1. The molecule has 0 saturated carbocycles. The van der Waals surface area contributed by atoms with E-state index in [1.165, 1.54) is 0 Å². The molecule has 1 fully saturated rings. The van der Waals surface area contributed by atoms with E-state index in [9.17, 15) is 9.90 Å². The third-order valence-corrected chi connectivity index (χ3v) is 3.78. The van der Waals surface area contributed by atoms with Crippen molar-refractivity contribution >= 4 is 5.91 Å². The maximum Gasteiger partial charge on any atom is 0.239 e. The van der Waals surface area contributed by atoms with E-state index in [-0.39, 0.29) is 18.1 Å². The number of rotatable bonds is 9. The summed E-state index contributed by atoms with van der Waals surface area (Å²) >= 11 is 0. The zero-order chi connectivity index (χ0) is 15.8. The Bertz CT molecular complexity index is 296. The lowest BCUT2D eigenvalue weighted by molar-refractivity contribution is -0.133. The summed E-state index contributed by atoms with van der Waals surface area (Å²) in [5.74, 6) is 0.143. The maximum absolute atomic E-state index is 12.6. The number of hydrogen-bond donors (Lipinski definition) is 2. The lowest BCUT2D eigenvalue weighted by atomic mass is 10.1. The fourth-order valence-corrected chi connectivity index (χ4v) is 2.61. The Morgan fingerprint density at radius 2 is 1.57 bits per heavy atom. The van der Waals surface area contributed by atoms with E-state index >= 15 is 0 Å². The van der Waals surface area contributed by atoms with Crippen molar-refractivity contribution in [3.05, 3.63) is 0 Å². The summed E-state index contributed by atoms with van der Waals surface area (Å²) in [6, 6.07) is -0.210. The molecule has 1 saturated heterocycles. The Balaban J connectivity index is 2.46. The van der Waals surface area contributed by atoms with E-state index < -0.39 is 0 Å². The molecular formula is C15H32N4O2. The predicted molar refractivity (Wildman–Crippen MR) is 85.3 cm³/mol. The van der Waals surface area contributed by atoms with E-state index in [0.29, 0.717) is 13.0 Å². The van der Waals surface area contributed by atoms with Gasteiger partial charge in [0.05, 0.1) is 12.1 Å². The Kier molecular flexibility index (Phi) is 8.18. The van der Waals surface area contributed by atoms with Gasteiger partial charge in [0.25, 0.3) is 0 Å². The highest BCUT2D eigenvalue weighted by Crippen LogP contribution is 2.10. The molecule has 0 radical (unpaired) electrons. The van der Waals surface area contributed by atoms with Crippen LogP contribution in [0, 0.1) is 0 Å². The maximum atomic E-state index is 12.6. The molecule has 2 unspecified atom stereocenters. The van der Waals surface area contributed by atoms with Gasteiger partial charge in [0.2, 0.25) is 5.91 Å². The second-order valence-electron chi connectivity index (χ2n) is 6.49. The first-order valence-electron chi connectivity index (χ1n) is 7.90. The minimum Gasteiger partial charge on any atom is -0.392 e. The minimum atomic E-state index is -0.385. The van der Waals surface area contributed by atoms with Gasteiger partial charge < -0.3 is 25.1 Å². The molecule has 0 aromatic carbocycles. The summed E-state index contributed by atoms with van der Waals surface area (Å²) < 4.78 is 0. The smallest absolute Gasteiger partial charge is 0.239 e. The molecule has 1 heterocycles. The fourth-order valence-electron chi connectivity index (χ4n) is 2.61. The second-order valence-corrected chi connectivity index (χ2v) is 6.49. The first-order valence-corrected chi connectivity index (χ1v) is 7.90. The number of aliphatic hydroxyl groups excluding tert-OH is 1. The molecule has 2 N–H and O–H groups in total. The molecule has 1 aliphatic heterocycles. The van der Waals surface area contributed by atoms with Crippen LogP contribution in [0.15, 0.2) is 0 Å². The van der Waals surface area contributed by atoms with Gasteiger partial charge in [-0.15, -0.1) is 0 Å². The van der Waals surface area contributed by atoms with Crippen molar-refractivity contribution in [2.75, 3.05) is 60.9 Å². The number of aliphatic hydroxyl groups is 1. The number of nitrogens with zero attached hydrogens (tertiary/aromatic N) is 3. The van der Waals surface area contributed by atoms with Crippen molar-refractivity contribution in [1.82, 2.24) is 20.0 Å². The van der Waals surface area contributed by atoms with Crippen molar-refractivity contribution in [1.29, 1.82) is 0 Å². The highest BCUT2D eigenvalue weighted by Gasteiger charge is 2.30. The van der Waals surface area contributed by atoms with Crippen LogP contribution >= 0.6 is 0 Å². The van der Waals surface area contributed by atoms with Crippen LogP contribution in [-0.4, -0.2) is 98.8 Å². The molecule has 1 rings (SSSR count). The van der Waals surface area contributed by atoms with Crippen LogP contribution in [0.2, 0.25) is 0 Å². The van der Waals surface area contributed by atoms with Crippen LogP contribution in [0.25, 0.3) is 0 Å². The molecule has 6 heteroatoms. The molecule has 0 aromatic heterocycles. The van der Waals surface area contributed by atoms with Gasteiger partial charge in [0, 0.05) is 19.6 Å². The molecule has 21 heavy (non-hydrogen) atoms. The lowest BCUT2D eigenvalue weighted by Gasteiger charge is -2.27. The quantitative estimate of drug-likeness (QED) is 0.598. The highest BCUT2D eigenvalue weighted by atomic mass is 16.3. The second kappa shape index (κ2) is 9.35. The van der Waals surface area contributed by atoms with Crippen molar-refractivity contribution in [3.63, 3.8) is 0 Å². The van der Waals surface area contributed by atoms with Gasteiger partial charge in [-0.1, -0.05) is 0 Å². The van der Waals surface area contributed by atoms with Crippen molar-refractivity contribution in [3.8, 4) is 0 Å². The summed E-state index contributed by atoms with van der Waals surface area (Å²) in [6.45, 7) is 4.08. The topological polar surface area (TPSA) is 59.0 Å². The minimum absolute atomic E-state index is 0.143. The number of nitrogens with one attached hydrogen (secondary N) is 1. The standard InChI is InChI=1S/C15H32N4O2/c1-17(2)7-5-9-19(10-6-8-18(3)4)15(21)14-11-13(20)12-16-14/h13-14,16,20H,5-12H2,1-4H3.